The normalized spacial score (nSPS) is 21.1. The monoisotopic (exact) mass is 234 g/mol. The van der Waals surface area contributed by atoms with Crippen molar-refractivity contribution < 1.29 is 5.11 Å². The molecule has 0 radical (unpaired) electrons. The molecule has 1 aromatic carbocycles. The molecule has 3 heteroatoms. The van der Waals surface area contributed by atoms with E-state index in [0.29, 0.717) is 0 Å². The molecular formula is C14H22N2O. The molecule has 1 saturated heterocycles. The van der Waals surface area contributed by atoms with Crippen molar-refractivity contribution in [2.45, 2.75) is 38.3 Å². The molecule has 1 heterocycles. The smallest absolute Gasteiger partial charge is 0.0721 e. The molecule has 2 N–H and O–H groups in total. The van der Waals surface area contributed by atoms with Gasteiger partial charge in [0, 0.05) is 13.1 Å². The quantitative estimate of drug-likeness (QED) is 0.837. The number of nitrogens with zero attached hydrogens (tertiary/aromatic N) is 1. The Bertz CT molecular complexity index is 320. The molecule has 17 heavy (non-hydrogen) atoms. The summed E-state index contributed by atoms with van der Waals surface area (Å²) in [6.07, 6.45) is 3.42. The molecule has 0 amide bonds. The Labute approximate surface area is 103 Å². The third kappa shape index (κ3) is 3.53. The van der Waals surface area contributed by atoms with Crippen LogP contribution in [0, 0.1) is 0 Å². The van der Waals surface area contributed by atoms with Gasteiger partial charge in [0.25, 0.3) is 0 Å². The van der Waals surface area contributed by atoms with Gasteiger partial charge in [-0.15, -0.1) is 0 Å². The Kier molecular flexibility index (Phi) is 4.54. The van der Waals surface area contributed by atoms with Crippen LogP contribution in [-0.4, -0.2) is 29.3 Å². The molecular weight excluding hydrogens is 212 g/mol. The first-order valence-electron chi connectivity index (χ1n) is 6.51. The van der Waals surface area contributed by atoms with Crippen LogP contribution in [0.3, 0.4) is 0 Å². The van der Waals surface area contributed by atoms with Gasteiger partial charge in [-0.3, -0.25) is 0 Å². The van der Waals surface area contributed by atoms with Gasteiger partial charge in [0.1, 0.15) is 0 Å². The Hall–Kier alpha value is -0.900. The van der Waals surface area contributed by atoms with Crippen molar-refractivity contribution >= 4 is 0 Å². The second kappa shape index (κ2) is 6.15. The molecule has 0 spiro atoms. The molecule has 1 aliphatic heterocycles. The first kappa shape index (κ1) is 12.6. The summed E-state index contributed by atoms with van der Waals surface area (Å²) < 4.78 is 0. The SMILES string of the molecule is C[C@H](O)[C@H](NN1CCCCC1)c1ccccc1. The molecule has 0 aliphatic carbocycles. The van der Waals surface area contributed by atoms with Crippen molar-refractivity contribution in [1.29, 1.82) is 0 Å². The van der Waals surface area contributed by atoms with Gasteiger partial charge in [-0.1, -0.05) is 36.8 Å². The first-order valence-corrected chi connectivity index (χ1v) is 6.51. The maximum atomic E-state index is 9.91. The zero-order chi connectivity index (χ0) is 12.1. The number of hydrazine groups is 1. The Morgan fingerprint density at radius 2 is 1.76 bits per heavy atom. The van der Waals surface area contributed by atoms with Crippen LogP contribution in [0.4, 0.5) is 0 Å². The van der Waals surface area contributed by atoms with Gasteiger partial charge >= 0.3 is 0 Å². The topological polar surface area (TPSA) is 35.5 Å². The van der Waals surface area contributed by atoms with Crippen LogP contribution < -0.4 is 5.43 Å². The van der Waals surface area contributed by atoms with Crippen molar-refractivity contribution in [1.82, 2.24) is 10.4 Å². The highest BCUT2D eigenvalue weighted by atomic mass is 16.3. The third-order valence-corrected chi connectivity index (χ3v) is 3.32. The lowest BCUT2D eigenvalue weighted by Crippen LogP contribution is -2.46. The lowest BCUT2D eigenvalue weighted by molar-refractivity contribution is 0.0626. The van der Waals surface area contributed by atoms with E-state index in [-0.39, 0.29) is 12.1 Å². The molecule has 1 fully saturated rings. The van der Waals surface area contributed by atoms with Gasteiger partial charge in [0.2, 0.25) is 0 Å². The van der Waals surface area contributed by atoms with E-state index in [1.165, 1.54) is 19.3 Å². The number of piperidine rings is 1. The van der Waals surface area contributed by atoms with Crippen molar-refractivity contribution in [2.24, 2.45) is 0 Å². The maximum Gasteiger partial charge on any atom is 0.0721 e. The minimum absolute atomic E-state index is 0.00528. The number of benzene rings is 1. The molecule has 0 saturated carbocycles. The summed E-state index contributed by atoms with van der Waals surface area (Å²) >= 11 is 0. The predicted molar refractivity (Wildman–Crippen MR) is 69.4 cm³/mol. The van der Waals surface area contributed by atoms with E-state index in [9.17, 15) is 5.11 Å². The minimum atomic E-state index is -0.390. The van der Waals surface area contributed by atoms with Crippen LogP contribution in [0.15, 0.2) is 30.3 Å². The number of hydrogen-bond acceptors (Lipinski definition) is 3. The van der Waals surface area contributed by atoms with Crippen molar-refractivity contribution in [3.05, 3.63) is 35.9 Å². The molecule has 3 nitrogen and oxygen atoms in total. The Morgan fingerprint density at radius 1 is 1.12 bits per heavy atom. The third-order valence-electron chi connectivity index (χ3n) is 3.32. The van der Waals surface area contributed by atoms with Gasteiger partial charge in [-0.05, 0) is 25.3 Å². The summed E-state index contributed by atoms with van der Waals surface area (Å²) in [4.78, 5) is 0. The Morgan fingerprint density at radius 3 is 2.35 bits per heavy atom. The molecule has 0 unspecified atom stereocenters. The summed E-state index contributed by atoms with van der Waals surface area (Å²) in [5, 5.41) is 12.2. The molecule has 2 rings (SSSR count). The van der Waals surface area contributed by atoms with E-state index >= 15 is 0 Å². The minimum Gasteiger partial charge on any atom is -0.391 e. The molecule has 0 bridgehead atoms. The van der Waals surface area contributed by atoms with Gasteiger partial charge in [-0.25, -0.2) is 10.4 Å². The molecule has 0 aromatic heterocycles. The highest BCUT2D eigenvalue weighted by molar-refractivity contribution is 5.19. The molecule has 1 aliphatic rings. The zero-order valence-electron chi connectivity index (χ0n) is 10.5. The van der Waals surface area contributed by atoms with E-state index in [1.54, 1.807) is 0 Å². The van der Waals surface area contributed by atoms with Crippen LogP contribution in [0.2, 0.25) is 0 Å². The van der Waals surface area contributed by atoms with Crippen molar-refractivity contribution in [3.63, 3.8) is 0 Å². The summed E-state index contributed by atoms with van der Waals surface area (Å²) in [5.74, 6) is 0. The highest BCUT2D eigenvalue weighted by Crippen LogP contribution is 2.18. The lowest BCUT2D eigenvalue weighted by Gasteiger charge is -2.33. The van der Waals surface area contributed by atoms with E-state index in [0.717, 1.165) is 18.7 Å². The van der Waals surface area contributed by atoms with Crippen molar-refractivity contribution in [2.75, 3.05) is 13.1 Å². The fraction of sp³-hybridized carbons (Fsp3) is 0.571. The second-order valence-corrected chi connectivity index (χ2v) is 4.81. The number of rotatable bonds is 4. The van der Waals surface area contributed by atoms with Crippen LogP contribution in [-0.2, 0) is 0 Å². The standard InChI is InChI=1S/C14H22N2O/c1-12(17)14(13-8-4-2-5-9-13)15-16-10-6-3-7-11-16/h2,4-5,8-9,12,14-15,17H,3,6-7,10-11H2,1H3/t12-,14-/m0/s1. The van der Waals surface area contributed by atoms with Gasteiger partial charge in [0.15, 0.2) is 0 Å². The Balaban J connectivity index is 2.02. The second-order valence-electron chi connectivity index (χ2n) is 4.81. The molecule has 1 aromatic rings. The number of aliphatic hydroxyl groups is 1. The fourth-order valence-corrected chi connectivity index (χ4v) is 2.34. The molecule has 94 valence electrons. The maximum absolute atomic E-state index is 9.91. The van der Waals surface area contributed by atoms with E-state index in [2.05, 4.69) is 22.6 Å². The average Bonchev–Trinajstić information content (AvgIpc) is 2.38. The predicted octanol–water partition coefficient (Wildman–Crippen LogP) is 2.10. The van der Waals surface area contributed by atoms with E-state index in [4.69, 9.17) is 0 Å². The van der Waals surface area contributed by atoms with E-state index < -0.39 is 0 Å². The number of aliphatic hydroxyl groups excluding tert-OH is 1. The van der Waals surface area contributed by atoms with Gasteiger partial charge < -0.3 is 5.11 Å². The first-order chi connectivity index (χ1) is 8.27. The fourth-order valence-electron chi connectivity index (χ4n) is 2.34. The van der Waals surface area contributed by atoms with Crippen LogP contribution in [0.25, 0.3) is 0 Å². The van der Waals surface area contributed by atoms with Gasteiger partial charge in [0.05, 0.1) is 12.1 Å². The summed E-state index contributed by atoms with van der Waals surface area (Å²) in [7, 11) is 0. The number of hydrogen-bond donors (Lipinski definition) is 2. The zero-order valence-corrected chi connectivity index (χ0v) is 10.5. The van der Waals surface area contributed by atoms with Crippen LogP contribution in [0.5, 0.6) is 0 Å². The summed E-state index contributed by atoms with van der Waals surface area (Å²) in [5.41, 5.74) is 4.60. The lowest BCUT2D eigenvalue weighted by atomic mass is 10.0. The van der Waals surface area contributed by atoms with Crippen LogP contribution in [0.1, 0.15) is 37.8 Å². The number of nitrogens with one attached hydrogen (secondary N) is 1. The van der Waals surface area contributed by atoms with E-state index in [1.807, 2.05) is 25.1 Å². The highest BCUT2D eigenvalue weighted by Gasteiger charge is 2.20. The van der Waals surface area contributed by atoms with Crippen molar-refractivity contribution in [3.8, 4) is 0 Å². The summed E-state index contributed by atoms with van der Waals surface area (Å²) in [6.45, 7) is 4.00. The van der Waals surface area contributed by atoms with Crippen LogP contribution >= 0.6 is 0 Å². The summed E-state index contributed by atoms with van der Waals surface area (Å²) in [6, 6.07) is 10.2. The average molecular weight is 234 g/mol. The molecule has 2 atom stereocenters. The largest absolute Gasteiger partial charge is 0.391 e. The van der Waals surface area contributed by atoms with Gasteiger partial charge in [-0.2, -0.15) is 0 Å².